The van der Waals surface area contributed by atoms with Crippen LogP contribution in [-0.2, 0) is 0 Å². The van der Waals surface area contributed by atoms with Crippen molar-refractivity contribution in [3.63, 3.8) is 0 Å². The Bertz CT molecular complexity index is 495. The van der Waals surface area contributed by atoms with Crippen molar-refractivity contribution in [1.29, 1.82) is 0 Å². The predicted octanol–water partition coefficient (Wildman–Crippen LogP) is 3.89. The van der Waals surface area contributed by atoms with Crippen LogP contribution in [0.15, 0.2) is 61.2 Å². The third-order valence-corrected chi connectivity index (χ3v) is 2.87. The van der Waals surface area contributed by atoms with Gasteiger partial charge >= 0.3 is 0 Å². The third-order valence-electron chi connectivity index (χ3n) is 2.87. The van der Waals surface area contributed by atoms with Gasteiger partial charge in [0.1, 0.15) is 0 Å². The van der Waals surface area contributed by atoms with Crippen molar-refractivity contribution in [3.8, 4) is 11.1 Å². The Labute approximate surface area is 103 Å². The Balaban J connectivity index is 2.28. The van der Waals surface area contributed by atoms with Crippen LogP contribution in [0.4, 0.5) is 0 Å². The van der Waals surface area contributed by atoms with Gasteiger partial charge in [0.2, 0.25) is 0 Å². The van der Waals surface area contributed by atoms with Crippen molar-refractivity contribution in [2.24, 2.45) is 0 Å². The van der Waals surface area contributed by atoms with E-state index in [-0.39, 0.29) is 0 Å². The van der Waals surface area contributed by atoms with Crippen LogP contribution in [0.1, 0.15) is 5.56 Å². The van der Waals surface area contributed by atoms with Crippen molar-refractivity contribution in [2.45, 2.75) is 0 Å². The molecule has 0 aromatic heterocycles. The molecule has 2 aromatic rings. The zero-order valence-corrected chi connectivity index (χ0v) is 10.4. The summed E-state index contributed by atoms with van der Waals surface area (Å²) in [7, 11) is 4.01. The van der Waals surface area contributed by atoms with E-state index in [1.54, 1.807) is 0 Å². The SMILES string of the molecule is C=C(c1ccc(-c2ccccc2)cc1)N(C)C. The zero-order valence-electron chi connectivity index (χ0n) is 10.4. The average molecular weight is 223 g/mol. The molecule has 0 heterocycles. The molecule has 0 radical (unpaired) electrons. The summed E-state index contributed by atoms with van der Waals surface area (Å²) < 4.78 is 0. The molecule has 0 N–H and O–H groups in total. The van der Waals surface area contributed by atoms with Crippen LogP contribution in [0, 0.1) is 0 Å². The van der Waals surface area contributed by atoms with E-state index in [0.717, 1.165) is 11.3 Å². The lowest BCUT2D eigenvalue weighted by Gasteiger charge is -2.16. The quantitative estimate of drug-likeness (QED) is 0.763. The first kappa shape index (κ1) is 11.5. The number of benzene rings is 2. The first-order chi connectivity index (χ1) is 8.18. The number of rotatable bonds is 3. The lowest BCUT2D eigenvalue weighted by Crippen LogP contribution is -2.08. The molecular formula is C16H17N. The molecule has 0 spiro atoms. The smallest absolute Gasteiger partial charge is 0.0361 e. The Kier molecular flexibility index (Phi) is 3.29. The molecule has 2 aromatic carbocycles. The monoisotopic (exact) mass is 223 g/mol. The first-order valence-electron chi connectivity index (χ1n) is 5.70. The molecule has 2 rings (SSSR count). The van der Waals surface area contributed by atoms with E-state index in [1.807, 2.05) is 25.1 Å². The fraction of sp³-hybridized carbons (Fsp3) is 0.125. The molecule has 1 nitrogen and oxygen atoms in total. The normalized spacial score (nSPS) is 10.0. The van der Waals surface area contributed by atoms with Gasteiger partial charge in [-0.25, -0.2) is 0 Å². The number of nitrogens with zero attached hydrogens (tertiary/aromatic N) is 1. The lowest BCUT2D eigenvalue weighted by molar-refractivity contribution is 0.593. The highest BCUT2D eigenvalue weighted by Crippen LogP contribution is 2.22. The average Bonchev–Trinajstić information content (AvgIpc) is 2.39. The summed E-state index contributed by atoms with van der Waals surface area (Å²) in [4.78, 5) is 2.03. The van der Waals surface area contributed by atoms with E-state index >= 15 is 0 Å². The highest BCUT2D eigenvalue weighted by atomic mass is 15.1. The summed E-state index contributed by atoms with van der Waals surface area (Å²) in [6.45, 7) is 4.05. The van der Waals surface area contributed by atoms with Gasteiger partial charge in [0.15, 0.2) is 0 Å². The molecule has 86 valence electrons. The van der Waals surface area contributed by atoms with Crippen LogP contribution < -0.4 is 0 Å². The number of hydrogen-bond acceptors (Lipinski definition) is 1. The van der Waals surface area contributed by atoms with Crippen LogP contribution in [-0.4, -0.2) is 19.0 Å². The summed E-state index contributed by atoms with van der Waals surface area (Å²) in [6, 6.07) is 18.9. The van der Waals surface area contributed by atoms with Gasteiger partial charge in [-0.2, -0.15) is 0 Å². The van der Waals surface area contributed by atoms with Crippen molar-refractivity contribution >= 4 is 5.70 Å². The van der Waals surface area contributed by atoms with Gasteiger partial charge in [-0.3, -0.25) is 0 Å². The predicted molar refractivity (Wildman–Crippen MR) is 74.6 cm³/mol. The van der Waals surface area contributed by atoms with Crippen LogP contribution in [0.5, 0.6) is 0 Å². The van der Waals surface area contributed by atoms with Crippen LogP contribution in [0.2, 0.25) is 0 Å². The second-order valence-electron chi connectivity index (χ2n) is 4.28. The minimum atomic E-state index is 1.03. The van der Waals surface area contributed by atoms with Gasteiger partial charge in [-0.15, -0.1) is 0 Å². The maximum absolute atomic E-state index is 4.05. The minimum absolute atomic E-state index is 1.03. The molecule has 0 aliphatic carbocycles. The summed E-state index contributed by atoms with van der Waals surface area (Å²) >= 11 is 0. The van der Waals surface area contributed by atoms with Crippen LogP contribution >= 0.6 is 0 Å². The van der Waals surface area contributed by atoms with Crippen molar-refractivity contribution in [2.75, 3.05) is 14.1 Å². The summed E-state index contributed by atoms with van der Waals surface area (Å²) in [5.74, 6) is 0. The molecule has 0 unspecified atom stereocenters. The summed E-state index contributed by atoms with van der Waals surface area (Å²) in [5.41, 5.74) is 4.68. The summed E-state index contributed by atoms with van der Waals surface area (Å²) in [6.07, 6.45) is 0. The Morgan fingerprint density at radius 3 is 1.88 bits per heavy atom. The van der Waals surface area contributed by atoms with Gasteiger partial charge < -0.3 is 4.90 Å². The van der Waals surface area contributed by atoms with Gasteiger partial charge in [-0.1, -0.05) is 61.2 Å². The third kappa shape index (κ3) is 2.56. The van der Waals surface area contributed by atoms with E-state index in [9.17, 15) is 0 Å². The largest absolute Gasteiger partial charge is 0.378 e. The zero-order chi connectivity index (χ0) is 12.3. The maximum Gasteiger partial charge on any atom is 0.0361 e. The molecule has 0 saturated heterocycles. The highest BCUT2D eigenvalue weighted by Gasteiger charge is 2.01. The van der Waals surface area contributed by atoms with Gasteiger partial charge in [0.25, 0.3) is 0 Å². The van der Waals surface area contributed by atoms with E-state index in [4.69, 9.17) is 0 Å². The molecule has 0 aliphatic rings. The molecule has 0 saturated carbocycles. The Morgan fingerprint density at radius 1 is 0.824 bits per heavy atom. The van der Waals surface area contributed by atoms with Gasteiger partial charge in [0.05, 0.1) is 0 Å². The second kappa shape index (κ2) is 4.88. The molecule has 0 bridgehead atoms. The van der Waals surface area contributed by atoms with Gasteiger partial charge in [0, 0.05) is 19.8 Å². The standard InChI is InChI=1S/C16H17N/c1-13(17(2)3)14-9-11-16(12-10-14)15-7-5-4-6-8-15/h4-12H,1H2,2-3H3. The molecule has 0 amide bonds. The fourth-order valence-corrected chi connectivity index (χ4v) is 1.74. The maximum atomic E-state index is 4.05. The summed E-state index contributed by atoms with van der Waals surface area (Å²) in [5, 5.41) is 0. The van der Waals surface area contributed by atoms with Crippen LogP contribution in [0.25, 0.3) is 16.8 Å². The van der Waals surface area contributed by atoms with Crippen molar-refractivity contribution in [3.05, 3.63) is 66.7 Å². The molecule has 17 heavy (non-hydrogen) atoms. The molecule has 0 fully saturated rings. The molecular weight excluding hydrogens is 206 g/mol. The van der Waals surface area contributed by atoms with E-state index in [2.05, 4.69) is 55.1 Å². The van der Waals surface area contributed by atoms with Crippen molar-refractivity contribution in [1.82, 2.24) is 4.90 Å². The van der Waals surface area contributed by atoms with E-state index in [0.29, 0.717) is 0 Å². The second-order valence-corrected chi connectivity index (χ2v) is 4.28. The van der Waals surface area contributed by atoms with Gasteiger partial charge in [-0.05, 0) is 16.7 Å². The lowest BCUT2D eigenvalue weighted by atomic mass is 10.0. The topological polar surface area (TPSA) is 3.24 Å². The number of hydrogen-bond donors (Lipinski definition) is 0. The van der Waals surface area contributed by atoms with Crippen LogP contribution in [0.3, 0.4) is 0 Å². The minimum Gasteiger partial charge on any atom is -0.378 e. The molecule has 0 aliphatic heterocycles. The Morgan fingerprint density at radius 2 is 1.35 bits per heavy atom. The van der Waals surface area contributed by atoms with E-state index < -0.39 is 0 Å². The Hall–Kier alpha value is -2.02. The first-order valence-corrected chi connectivity index (χ1v) is 5.70. The van der Waals surface area contributed by atoms with E-state index in [1.165, 1.54) is 11.1 Å². The van der Waals surface area contributed by atoms with Crippen molar-refractivity contribution < 1.29 is 0 Å². The highest BCUT2D eigenvalue weighted by molar-refractivity contribution is 5.68. The fourth-order valence-electron chi connectivity index (χ4n) is 1.74. The molecule has 0 atom stereocenters. The molecule has 1 heteroatoms.